The Kier molecular flexibility index (Phi) is 3.01. The molecule has 1 aromatic carbocycles. The molecule has 2 aliphatic rings. The normalized spacial score (nSPS) is 25.6. The molecule has 3 heterocycles. The number of hydrogen-bond acceptors (Lipinski definition) is 3. The van der Waals surface area contributed by atoms with Crippen LogP contribution < -0.4 is 4.90 Å². The standard InChI is InChI=1S/C16H15ClN2O2/c17-11-5-7-12(8-6-11)19-15(14-4-2-10-21-14)18-9-1-3-13(18)16(19)20/h2,4-8,10,13,15H,1,3,9H2/t13-,15-/m1/s1. The molecule has 4 nitrogen and oxygen atoms in total. The molecule has 108 valence electrons. The molecule has 2 fully saturated rings. The number of nitrogens with zero attached hydrogens (tertiary/aromatic N) is 2. The Bertz CT molecular complexity index is 653. The van der Waals surface area contributed by atoms with Crippen molar-refractivity contribution in [3.8, 4) is 0 Å². The van der Waals surface area contributed by atoms with Gasteiger partial charge in [0.15, 0.2) is 0 Å². The molecule has 2 saturated heterocycles. The van der Waals surface area contributed by atoms with Gasteiger partial charge in [-0.2, -0.15) is 0 Å². The minimum Gasteiger partial charge on any atom is -0.466 e. The third kappa shape index (κ3) is 1.98. The van der Waals surface area contributed by atoms with Gasteiger partial charge in [-0.05, 0) is 49.2 Å². The van der Waals surface area contributed by atoms with Gasteiger partial charge in [0.05, 0.1) is 12.3 Å². The summed E-state index contributed by atoms with van der Waals surface area (Å²) in [7, 11) is 0. The lowest BCUT2D eigenvalue weighted by molar-refractivity contribution is -0.119. The van der Waals surface area contributed by atoms with Gasteiger partial charge in [-0.1, -0.05) is 11.6 Å². The Morgan fingerprint density at radius 1 is 1.19 bits per heavy atom. The lowest BCUT2D eigenvalue weighted by atomic mass is 10.2. The fourth-order valence-electron chi connectivity index (χ4n) is 3.38. The first-order chi connectivity index (χ1) is 10.3. The third-order valence-electron chi connectivity index (χ3n) is 4.28. The van der Waals surface area contributed by atoms with E-state index in [1.165, 1.54) is 0 Å². The maximum atomic E-state index is 12.8. The highest BCUT2D eigenvalue weighted by Crippen LogP contribution is 2.42. The van der Waals surface area contributed by atoms with Crippen LogP contribution in [0, 0.1) is 0 Å². The predicted molar refractivity (Wildman–Crippen MR) is 80.1 cm³/mol. The first kappa shape index (κ1) is 12.9. The van der Waals surface area contributed by atoms with Crippen molar-refractivity contribution in [1.82, 2.24) is 4.90 Å². The minimum atomic E-state index is -0.152. The number of carbonyl (C=O) groups excluding carboxylic acids is 1. The van der Waals surface area contributed by atoms with Crippen LogP contribution in [0.15, 0.2) is 47.1 Å². The van der Waals surface area contributed by atoms with Crippen LogP contribution in [0.25, 0.3) is 0 Å². The largest absolute Gasteiger partial charge is 0.466 e. The second-order valence-electron chi connectivity index (χ2n) is 5.47. The van der Waals surface area contributed by atoms with Gasteiger partial charge in [-0.15, -0.1) is 0 Å². The fourth-order valence-corrected chi connectivity index (χ4v) is 3.50. The zero-order chi connectivity index (χ0) is 14.4. The molecule has 0 N–H and O–H groups in total. The Balaban J connectivity index is 1.79. The highest BCUT2D eigenvalue weighted by molar-refractivity contribution is 6.30. The first-order valence-corrected chi connectivity index (χ1v) is 7.51. The zero-order valence-corrected chi connectivity index (χ0v) is 12.2. The summed E-state index contributed by atoms with van der Waals surface area (Å²) in [5.74, 6) is 0.957. The number of amides is 1. The fraction of sp³-hybridized carbons (Fsp3) is 0.312. The quantitative estimate of drug-likeness (QED) is 0.852. The van der Waals surface area contributed by atoms with Gasteiger partial charge in [0.2, 0.25) is 5.91 Å². The van der Waals surface area contributed by atoms with E-state index in [-0.39, 0.29) is 18.1 Å². The molecule has 5 heteroatoms. The summed E-state index contributed by atoms with van der Waals surface area (Å²) in [4.78, 5) is 16.9. The molecule has 2 aliphatic heterocycles. The van der Waals surface area contributed by atoms with Crippen molar-refractivity contribution < 1.29 is 9.21 Å². The minimum absolute atomic E-state index is 0.0317. The van der Waals surface area contributed by atoms with Crippen LogP contribution in [0.2, 0.25) is 5.02 Å². The number of fused-ring (bicyclic) bond motifs is 1. The van der Waals surface area contributed by atoms with E-state index in [0.29, 0.717) is 5.02 Å². The molecule has 0 radical (unpaired) electrons. The topological polar surface area (TPSA) is 36.7 Å². The lowest BCUT2D eigenvalue weighted by Crippen LogP contribution is -2.31. The average molecular weight is 303 g/mol. The highest BCUT2D eigenvalue weighted by Gasteiger charge is 2.50. The highest BCUT2D eigenvalue weighted by atomic mass is 35.5. The Morgan fingerprint density at radius 2 is 2.00 bits per heavy atom. The SMILES string of the molecule is O=C1[C@H]2CCCN2[C@@H](c2ccco2)N1c1ccc(Cl)cc1. The molecule has 1 amide bonds. The number of furan rings is 1. The number of rotatable bonds is 2. The number of anilines is 1. The van der Waals surface area contributed by atoms with Crippen LogP contribution in [0.4, 0.5) is 5.69 Å². The Labute approximate surface area is 127 Å². The average Bonchev–Trinajstić information content (AvgIpc) is 3.19. The molecular weight excluding hydrogens is 288 g/mol. The summed E-state index contributed by atoms with van der Waals surface area (Å²) >= 11 is 5.95. The van der Waals surface area contributed by atoms with Crippen LogP contribution in [0.1, 0.15) is 24.8 Å². The second-order valence-corrected chi connectivity index (χ2v) is 5.91. The van der Waals surface area contributed by atoms with Crippen molar-refractivity contribution in [2.45, 2.75) is 25.0 Å². The summed E-state index contributed by atoms with van der Waals surface area (Å²) in [6, 6.07) is 11.2. The van der Waals surface area contributed by atoms with Crippen LogP contribution in [-0.2, 0) is 4.79 Å². The van der Waals surface area contributed by atoms with E-state index in [4.69, 9.17) is 16.0 Å². The number of benzene rings is 1. The lowest BCUT2D eigenvalue weighted by Gasteiger charge is -2.27. The van der Waals surface area contributed by atoms with Crippen molar-refractivity contribution in [2.24, 2.45) is 0 Å². The summed E-state index contributed by atoms with van der Waals surface area (Å²) in [6.45, 7) is 0.922. The van der Waals surface area contributed by atoms with E-state index in [1.54, 1.807) is 6.26 Å². The second kappa shape index (κ2) is 4.90. The molecule has 0 spiro atoms. The van der Waals surface area contributed by atoms with Crippen molar-refractivity contribution in [3.05, 3.63) is 53.4 Å². The molecule has 2 atom stereocenters. The Hall–Kier alpha value is -1.78. The number of hydrogen-bond donors (Lipinski definition) is 0. The van der Waals surface area contributed by atoms with Gasteiger partial charge < -0.3 is 4.42 Å². The van der Waals surface area contributed by atoms with Crippen molar-refractivity contribution >= 4 is 23.2 Å². The molecule has 0 bridgehead atoms. The van der Waals surface area contributed by atoms with E-state index in [1.807, 2.05) is 41.3 Å². The molecule has 21 heavy (non-hydrogen) atoms. The van der Waals surface area contributed by atoms with Crippen molar-refractivity contribution in [3.63, 3.8) is 0 Å². The van der Waals surface area contributed by atoms with Crippen LogP contribution in [-0.4, -0.2) is 23.4 Å². The Morgan fingerprint density at radius 3 is 2.71 bits per heavy atom. The van der Waals surface area contributed by atoms with E-state index >= 15 is 0 Å². The van der Waals surface area contributed by atoms with Gasteiger partial charge in [-0.3, -0.25) is 14.6 Å². The van der Waals surface area contributed by atoms with Crippen LogP contribution in [0.3, 0.4) is 0 Å². The predicted octanol–water partition coefficient (Wildman–Crippen LogP) is 3.44. The number of carbonyl (C=O) groups is 1. The molecular formula is C16H15ClN2O2. The van der Waals surface area contributed by atoms with Crippen LogP contribution in [0.5, 0.6) is 0 Å². The molecule has 1 aromatic heterocycles. The smallest absolute Gasteiger partial charge is 0.246 e. The van der Waals surface area contributed by atoms with Gasteiger partial charge in [0.1, 0.15) is 11.9 Å². The summed E-state index contributed by atoms with van der Waals surface area (Å²) in [6.07, 6.45) is 3.48. The third-order valence-corrected chi connectivity index (χ3v) is 4.53. The van der Waals surface area contributed by atoms with E-state index < -0.39 is 0 Å². The summed E-state index contributed by atoms with van der Waals surface area (Å²) < 4.78 is 5.59. The van der Waals surface area contributed by atoms with Gasteiger partial charge >= 0.3 is 0 Å². The van der Waals surface area contributed by atoms with Gasteiger partial charge in [-0.25, -0.2) is 0 Å². The first-order valence-electron chi connectivity index (χ1n) is 7.13. The van der Waals surface area contributed by atoms with Crippen molar-refractivity contribution in [2.75, 3.05) is 11.4 Å². The van der Waals surface area contributed by atoms with E-state index in [9.17, 15) is 4.79 Å². The van der Waals surface area contributed by atoms with Crippen LogP contribution >= 0.6 is 11.6 Å². The molecule has 0 unspecified atom stereocenters. The summed E-state index contributed by atoms with van der Waals surface area (Å²) in [5.41, 5.74) is 0.861. The maximum absolute atomic E-state index is 12.8. The van der Waals surface area contributed by atoms with E-state index in [0.717, 1.165) is 30.8 Å². The van der Waals surface area contributed by atoms with Gasteiger partial charge in [0, 0.05) is 17.3 Å². The molecule has 0 saturated carbocycles. The molecule has 2 aromatic rings. The zero-order valence-electron chi connectivity index (χ0n) is 11.4. The van der Waals surface area contributed by atoms with Gasteiger partial charge in [0.25, 0.3) is 0 Å². The number of halogens is 1. The monoisotopic (exact) mass is 302 g/mol. The summed E-state index contributed by atoms with van der Waals surface area (Å²) in [5, 5.41) is 0.667. The molecule has 4 rings (SSSR count). The maximum Gasteiger partial charge on any atom is 0.246 e. The molecule has 0 aliphatic carbocycles. The van der Waals surface area contributed by atoms with E-state index in [2.05, 4.69) is 4.90 Å². The van der Waals surface area contributed by atoms with Crippen molar-refractivity contribution in [1.29, 1.82) is 0 Å².